The fourth-order valence-electron chi connectivity index (χ4n) is 3.06. The molecule has 1 amide bonds. The molecule has 0 aliphatic carbocycles. The molecule has 126 valence electrons. The van der Waals surface area contributed by atoms with Gasteiger partial charge in [0.15, 0.2) is 0 Å². The first-order valence-electron chi connectivity index (χ1n) is 8.30. The largest absolute Gasteiger partial charge is 0.340 e. The molecule has 1 fully saturated rings. The quantitative estimate of drug-likeness (QED) is 0.821. The van der Waals surface area contributed by atoms with E-state index in [9.17, 15) is 4.79 Å². The van der Waals surface area contributed by atoms with Gasteiger partial charge in [-0.15, -0.1) is 0 Å². The lowest BCUT2D eigenvalue weighted by molar-refractivity contribution is -0.129. The summed E-state index contributed by atoms with van der Waals surface area (Å²) in [6.07, 6.45) is 2.36. The average molecular weight is 341 g/mol. The summed E-state index contributed by atoms with van der Waals surface area (Å²) in [5.74, 6) is 2.12. The Kier molecular flexibility index (Phi) is 5.88. The lowest BCUT2D eigenvalue weighted by Gasteiger charge is -2.16. The second-order valence-electron chi connectivity index (χ2n) is 6.10. The Morgan fingerprint density at radius 3 is 2.71 bits per heavy atom. The maximum absolute atomic E-state index is 12.4. The number of thioether (sulfide) groups is 1. The molecule has 1 aliphatic heterocycles. The third kappa shape index (κ3) is 4.36. The van der Waals surface area contributed by atoms with Gasteiger partial charge in [-0.05, 0) is 17.7 Å². The van der Waals surface area contributed by atoms with E-state index < -0.39 is 0 Å². The Hall–Kier alpha value is -1.85. The maximum Gasteiger partial charge on any atom is 0.223 e. The van der Waals surface area contributed by atoms with E-state index in [4.69, 9.17) is 5.73 Å². The van der Waals surface area contributed by atoms with Crippen LogP contribution in [0.5, 0.6) is 0 Å². The Morgan fingerprint density at radius 2 is 1.96 bits per heavy atom. The summed E-state index contributed by atoms with van der Waals surface area (Å²) >= 11 is 1.75. The van der Waals surface area contributed by atoms with Crippen LogP contribution in [0.4, 0.5) is 0 Å². The highest BCUT2D eigenvalue weighted by Gasteiger charge is 2.33. The Balaban J connectivity index is 1.44. The third-order valence-corrected chi connectivity index (χ3v) is 5.37. The average Bonchev–Trinajstić information content (AvgIpc) is 3.02. The number of rotatable bonds is 6. The molecular formula is C19H23N3OS. The fraction of sp³-hybridized carbons (Fsp3) is 0.368. The molecule has 1 aromatic heterocycles. The van der Waals surface area contributed by atoms with Crippen LogP contribution in [-0.4, -0.2) is 40.7 Å². The number of carbonyl (C=O) groups excluding carboxylic acids is 1. The van der Waals surface area contributed by atoms with E-state index in [1.807, 2.05) is 41.3 Å². The van der Waals surface area contributed by atoms with Crippen molar-refractivity contribution in [1.29, 1.82) is 0 Å². The predicted octanol–water partition coefficient (Wildman–Crippen LogP) is 2.66. The van der Waals surface area contributed by atoms with Crippen LogP contribution < -0.4 is 5.73 Å². The number of likely N-dealkylation sites (tertiary alicyclic amines) is 1. The van der Waals surface area contributed by atoms with Gasteiger partial charge in [0, 0.05) is 49.2 Å². The Morgan fingerprint density at radius 1 is 1.17 bits per heavy atom. The SMILES string of the molecule is N[C@@H]1CN(C(=O)CCSCc2ccccn2)C[C@H]1c1ccccc1. The van der Waals surface area contributed by atoms with Crippen LogP contribution >= 0.6 is 11.8 Å². The van der Waals surface area contributed by atoms with E-state index in [2.05, 4.69) is 17.1 Å². The highest BCUT2D eigenvalue weighted by Crippen LogP contribution is 2.27. The van der Waals surface area contributed by atoms with E-state index in [-0.39, 0.29) is 17.9 Å². The summed E-state index contributed by atoms with van der Waals surface area (Å²) in [4.78, 5) is 18.6. The van der Waals surface area contributed by atoms with Gasteiger partial charge in [0.05, 0.1) is 5.69 Å². The molecular weight excluding hydrogens is 318 g/mol. The van der Waals surface area contributed by atoms with Gasteiger partial charge >= 0.3 is 0 Å². The molecule has 4 nitrogen and oxygen atoms in total. The van der Waals surface area contributed by atoms with Crippen molar-refractivity contribution in [2.75, 3.05) is 18.8 Å². The molecule has 24 heavy (non-hydrogen) atoms. The number of hydrogen-bond acceptors (Lipinski definition) is 4. The molecule has 3 rings (SSSR count). The van der Waals surface area contributed by atoms with Crippen molar-refractivity contribution in [2.24, 2.45) is 5.73 Å². The van der Waals surface area contributed by atoms with Crippen molar-refractivity contribution >= 4 is 17.7 Å². The van der Waals surface area contributed by atoms with Gasteiger partial charge < -0.3 is 10.6 Å². The minimum Gasteiger partial charge on any atom is -0.340 e. The zero-order chi connectivity index (χ0) is 16.8. The van der Waals surface area contributed by atoms with Crippen molar-refractivity contribution in [3.8, 4) is 0 Å². The zero-order valence-electron chi connectivity index (χ0n) is 13.7. The van der Waals surface area contributed by atoms with Gasteiger partial charge in [0.1, 0.15) is 0 Å². The molecule has 0 bridgehead atoms. The number of benzene rings is 1. The zero-order valence-corrected chi connectivity index (χ0v) is 14.5. The molecule has 0 spiro atoms. The lowest BCUT2D eigenvalue weighted by atomic mass is 9.95. The van der Waals surface area contributed by atoms with Crippen LogP contribution in [0.3, 0.4) is 0 Å². The minimum atomic E-state index is 0.0255. The highest BCUT2D eigenvalue weighted by molar-refractivity contribution is 7.98. The fourth-order valence-corrected chi connectivity index (χ4v) is 3.91. The number of amides is 1. The summed E-state index contributed by atoms with van der Waals surface area (Å²) in [6.45, 7) is 1.39. The number of carbonyl (C=O) groups is 1. The molecule has 2 aromatic rings. The predicted molar refractivity (Wildman–Crippen MR) is 98.8 cm³/mol. The van der Waals surface area contributed by atoms with Crippen molar-refractivity contribution in [2.45, 2.75) is 24.1 Å². The second kappa shape index (κ2) is 8.31. The topological polar surface area (TPSA) is 59.2 Å². The van der Waals surface area contributed by atoms with Gasteiger partial charge in [-0.2, -0.15) is 11.8 Å². The monoisotopic (exact) mass is 341 g/mol. The van der Waals surface area contributed by atoms with Crippen molar-refractivity contribution < 1.29 is 4.79 Å². The molecule has 0 radical (unpaired) electrons. The summed E-state index contributed by atoms with van der Waals surface area (Å²) in [5, 5.41) is 0. The second-order valence-corrected chi connectivity index (χ2v) is 7.21. The summed E-state index contributed by atoms with van der Waals surface area (Å²) in [7, 11) is 0. The van der Waals surface area contributed by atoms with Crippen molar-refractivity contribution in [3.05, 3.63) is 66.0 Å². The van der Waals surface area contributed by atoms with Crippen molar-refractivity contribution in [3.63, 3.8) is 0 Å². The van der Waals surface area contributed by atoms with E-state index in [0.717, 1.165) is 23.7 Å². The lowest BCUT2D eigenvalue weighted by Crippen LogP contribution is -2.32. The van der Waals surface area contributed by atoms with Crippen LogP contribution in [0.1, 0.15) is 23.6 Å². The molecule has 1 aromatic carbocycles. The number of pyridine rings is 1. The van der Waals surface area contributed by atoms with E-state index >= 15 is 0 Å². The molecule has 2 atom stereocenters. The molecule has 2 N–H and O–H groups in total. The molecule has 0 saturated carbocycles. The standard InChI is InChI=1S/C19H23N3OS/c20-18-13-22(12-17(18)15-6-2-1-3-7-15)19(23)9-11-24-14-16-8-4-5-10-21-16/h1-8,10,17-18H,9,11-14,20H2/t17-,18+/m0/s1. The van der Waals surface area contributed by atoms with Crippen LogP contribution in [0.2, 0.25) is 0 Å². The normalized spacial score (nSPS) is 20.3. The van der Waals surface area contributed by atoms with Crippen LogP contribution in [-0.2, 0) is 10.5 Å². The number of aromatic nitrogens is 1. The smallest absolute Gasteiger partial charge is 0.223 e. The highest BCUT2D eigenvalue weighted by atomic mass is 32.2. The van der Waals surface area contributed by atoms with Crippen LogP contribution in [0, 0.1) is 0 Å². The number of hydrogen-bond donors (Lipinski definition) is 1. The molecule has 2 heterocycles. The molecule has 0 unspecified atom stereocenters. The molecule has 1 saturated heterocycles. The minimum absolute atomic E-state index is 0.0255. The van der Waals surface area contributed by atoms with Crippen LogP contribution in [0.25, 0.3) is 0 Å². The molecule has 5 heteroatoms. The summed E-state index contributed by atoms with van der Waals surface area (Å²) < 4.78 is 0. The van der Waals surface area contributed by atoms with Gasteiger partial charge in [-0.3, -0.25) is 9.78 Å². The van der Waals surface area contributed by atoms with Gasteiger partial charge in [-0.1, -0.05) is 36.4 Å². The van der Waals surface area contributed by atoms with Gasteiger partial charge in [-0.25, -0.2) is 0 Å². The van der Waals surface area contributed by atoms with Crippen LogP contribution in [0.15, 0.2) is 54.7 Å². The summed E-state index contributed by atoms with van der Waals surface area (Å²) in [6, 6.07) is 16.2. The number of nitrogens with zero attached hydrogens (tertiary/aromatic N) is 2. The first kappa shape index (κ1) is 17.0. The van der Waals surface area contributed by atoms with E-state index in [1.54, 1.807) is 18.0 Å². The van der Waals surface area contributed by atoms with Crippen molar-refractivity contribution in [1.82, 2.24) is 9.88 Å². The van der Waals surface area contributed by atoms with Gasteiger partial charge in [0.2, 0.25) is 5.91 Å². The third-order valence-electron chi connectivity index (χ3n) is 4.38. The Bertz CT molecular complexity index is 650. The van der Waals surface area contributed by atoms with E-state index in [0.29, 0.717) is 13.0 Å². The first-order chi connectivity index (χ1) is 11.7. The maximum atomic E-state index is 12.4. The van der Waals surface area contributed by atoms with Gasteiger partial charge in [0.25, 0.3) is 0 Å². The Labute approximate surface area is 147 Å². The van der Waals surface area contributed by atoms with E-state index in [1.165, 1.54) is 5.56 Å². The summed E-state index contributed by atoms with van der Waals surface area (Å²) in [5.41, 5.74) is 8.55. The molecule has 1 aliphatic rings. The number of nitrogens with two attached hydrogens (primary N) is 1. The first-order valence-corrected chi connectivity index (χ1v) is 9.45.